The monoisotopic (exact) mass is 240 g/mol. The Balaban J connectivity index is 1.98. The molecule has 1 aromatic rings. The summed E-state index contributed by atoms with van der Waals surface area (Å²) < 4.78 is 0. The Morgan fingerprint density at radius 2 is 2.17 bits per heavy atom. The summed E-state index contributed by atoms with van der Waals surface area (Å²) in [5.41, 5.74) is 8.55. The van der Waals surface area contributed by atoms with Crippen molar-refractivity contribution in [1.82, 2.24) is 19.9 Å². The molecule has 0 atom stereocenters. The average Bonchev–Trinajstić information content (AvgIpc) is 2.77. The van der Waals surface area contributed by atoms with Crippen molar-refractivity contribution >= 4 is 17.5 Å². The maximum absolute atomic E-state index is 5.85. The molecule has 0 aliphatic carbocycles. The Kier molecular flexibility index (Phi) is 2.33. The molecule has 0 aromatic heterocycles. The van der Waals surface area contributed by atoms with E-state index in [0.29, 0.717) is 23.3 Å². The van der Waals surface area contributed by atoms with Crippen molar-refractivity contribution in [2.24, 2.45) is 0 Å². The molecule has 2 heterocycles. The first kappa shape index (κ1) is 10.5. The standard InChI is InChI=1S/C12H12N6/c1-7-3-2-4-8(5-7)16-12-17-10(13)9-11(18-12)15-6-14-9/h2-6H,1H3,(H4,13,14,15,16,17,18). The molecule has 0 amide bonds. The van der Waals surface area contributed by atoms with Gasteiger partial charge in [-0.05, 0) is 24.6 Å². The Morgan fingerprint density at radius 3 is 3.00 bits per heavy atom. The van der Waals surface area contributed by atoms with Crippen molar-refractivity contribution in [3.63, 3.8) is 0 Å². The van der Waals surface area contributed by atoms with Gasteiger partial charge in [-0.1, -0.05) is 12.1 Å². The molecular formula is C12H12N6. The minimum absolute atomic E-state index is 0.452. The van der Waals surface area contributed by atoms with Crippen molar-refractivity contribution in [3.8, 4) is 11.5 Å². The fraction of sp³-hybridized carbons (Fsp3) is 0.0833. The van der Waals surface area contributed by atoms with E-state index in [4.69, 9.17) is 5.73 Å². The van der Waals surface area contributed by atoms with Gasteiger partial charge in [0.25, 0.3) is 0 Å². The molecule has 3 rings (SSSR count). The van der Waals surface area contributed by atoms with Crippen LogP contribution in [0.3, 0.4) is 0 Å². The summed E-state index contributed by atoms with van der Waals surface area (Å²) in [4.78, 5) is 15.3. The number of aromatic nitrogens is 4. The van der Waals surface area contributed by atoms with Gasteiger partial charge in [-0.25, -0.2) is 9.97 Å². The van der Waals surface area contributed by atoms with Crippen LogP contribution in [0, 0.1) is 6.92 Å². The molecule has 6 heteroatoms. The molecule has 18 heavy (non-hydrogen) atoms. The van der Waals surface area contributed by atoms with E-state index in [-0.39, 0.29) is 0 Å². The third kappa shape index (κ3) is 1.84. The molecule has 1 aromatic carbocycles. The molecule has 4 N–H and O–H groups in total. The van der Waals surface area contributed by atoms with Gasteiger partial charge >= 0.3 is 0 Å². The zero-order valence-corrected chi connectivity index (χ0v) is 9.81. The van der Waals surface area contributed by atoms with Gasteiger partial charge in [-0.2, -0.15) is 4.98 Å². The van der Waals surface area contributed by atoms with Gasteiger partial charge in [-0.15, -0.1) is 0 Å². The number of aromatic amines is 1. The van der Waals surface area contributed by atoms with Gasteiger partial charge in [0.05, 0.1) is 0 Å². The Bertz CT molecular complexity index is 659. The minimum Gasteiger partial charge on any atom is -0.383 e. The lowest BCUT2D eigenvalue weighted by atomic mass is 10.2. The smallest absolute Gasteiger partial charge is 0.208 e. The van der Waals surface area contributed by atoms with Crippen molar-refractivity contribution in [2.45, 2.75) is 6.92 Å². The molecule has 2 aliphatic heterocycles. The van der Waals surface area contributed by atoms with Crippen LogP contribution in [0.25, 0.3) is 11.5 Å². The third-order valence-corrected chi connectivity index (χ3v) is 2.59. The number of nitrogens with zero attached hydrogens (tertiary/aromatic N) is 3. The quantitative estimate of drug-likeness (QED) is 0.636. The molecule has 0 bridgehead atoms. The Morgan fingerprint density at radius 1 is 1.28 bits per heavy atom. The summed E-state index contributed by atoms with van der Waals surface area (Å²) in [6, 6.07) is 7.98. The summed E-state index contributed by atoms with van der Waals surface area (Å²) in [5.74, 6) is 1.53. The zero-order chi connectivity index (χ0) is 12.5. The topological polar surface area (TPSA) is 92.5 Å². The Labute approximate surface area is 104 Å². The number of hydrogen-bond donors (Lipinski definition) is 3. The van der Waals surface area contributed by atoms with Crippen LogP contribution in [-0.4, -0.2) is 19.9 Å². The lowest BCUT2D eigenvalue weighted by Gasteiger charge is -2.09. The van der Waals surface area contributed by atoms with Gasteiger partial charge in [0.15, 0.2) is 5.82 Å². The number of fused-ring (bicyclic) bond motifs is 1. The van der Waals surface area contributed by atoms with Gasteiger partial charge in [-0.3, -0.25) is 0 Å². The number of hydrogen-bond acceptors (Lipinski definition) is 5. The van der Waals surface area contributed by atoms with E-state index in [1.807, 2.05) is 31.2 Å². The molecule has 0 fully saturated rings. The summed E-state index contributed by atoms with van der Waals surface area (Å²) in [5, 5.41) is 3.15. The maximum Gasteiger partial charge on any atom is 0.208 e. The number of nitrogens with one attached hydrogen (secondary N) is 2. The van der Waals surface area contributed by atoms with E-state index >= 15 is 0 Å². The van der Waals surface area contributed by atoms with Gasteiger partial charge in [0, 0.05) is 5.69 Å². The first-order valence-electron chi connectivity index (χ1n) is 5.52. The van der Waals surface area contributed by atoms with Gasteiger partial charge in [0.1, 0.15) is 17.8 Å². The van der Waals surface area contributed by atoms with Crippen LogP contribution < -0.4 is 11.1 Å². The van der Waals surface area contributed by atoms with Gasteiger partial charge in [0.2, 0.25) is 5.95 Å². The van der Waals surface area contributed by atoms with Crippen LogP contribution in [-0.2, 0) is 0 Å². The van der Waals surface area contributed by atoms with Crippen LogP contribution in [0.1, 0.15) is 5.56 Å². The van der Waals surface area contributed by atoms with E-state index < -0.39 is 0 Å². The summed E-state index contributed by atoms with van der Waals surface area (Å²) in [6.45, 7) is 2.03. The van der Waals surface area contributed by atoms with Crippen molar-refractivity contribution in [1.29, 1.82) is 0 Å². The molecule has 0 spiro atoms. The number of anilines is 3. The lowest BCUT2D eigenvalue weighted by molar-refractivity contribution is 1.14. The van der Waals surface area contributed by atoms with E-state index in [9.17, 15) is 0 Å². The number of nitrogens with two attached hydrogens (primary N) is 1. The predicted molar refractivity (Wildman–Crippen MR) is 69.7 cm³/mol. The molecular weight excluding hydrogens is 228 g/mol. The summed E-state index contributed by atoms with van der Waals surface area (Å²) in [6.07, 6.45) is 1.44. The molecule has 0 saturated heterocycles. The first-order chi connectivity index (χ1) is 8.72. The molecule has 6 nitrogen and oxygen atoms in total. The van der Waals surface area contributed by atoms with E-state index in [1.54, 1.807) is 0 Å². The molecule has 0 saturated carbocycles. The molecule has 0 unspecified atom stereocenters. The third-order valence-electron chi connectivity index (χ3n) is 2.59. The van der Waals surface area contributed by atoms with Crippen LogP contribution in [0.5, 0.6) is 0 Å². The highest BCUT2D eigenvalue weighted by molar-refractivity contribution is 5.68. The highest BCUT2D eigenvalue weighted by Crippen LogP contribution is 2.23. The summed E-state index contributed by atoms with van der Waals surface area (Å²) in [7, 11) is 0. The largest absolute Gasteiger partial charge is 0.383 e. The number of aryl methyl sites for hydroxylation is 1. The lowest BCUT2D eigenvalue weighted by Crippen LogP contribution is -2.04. The van der Waals surface area contributed by atoms with Crippen molar-refractivity contribution in [2.75, 3.05) is 11.1 Å². The number of nitrogen functional groups attached to an aromatic ring is 1. The minimum atomic E-state index is 0.452. The fourth-order valence-electron chi connectivity index (χ4n) is 1.77. The van der Waals surface area contributed by atoms with Gasteiger partial charge < -0.3 is 16.0 Å². The second-order valence-electron chi connectivity index (χ2n) is 4.04. The number of imidazole rings is 1. The van der Waals surface area contributed by atoms with E-state index in [1.165, 1.54) is 11.9 Å². The van der Waals surface area contributed by atoms with Crippen LogP contribution in [0.4, 0.5) is 17.5 Å². The van der Waals surface area contributed by atoms with Crippen molar-refractivity contribution < 1.29 is 0 Å². The van der Waals surface area contributed by atoms with Crippen LogP contribution in [0.15, 0.2) is 30.6 Å². The number of H-pyrrole nitrogens is 1. The van der Waals surface area contributed by atoms with E-state index in [2.05, 4.69) is 25.3 Å². The molecule has 0 radical (unpaired) electrons. The normalized spacial score (nSPS) is 10.7. The summed E-state index contributed by atoms with van der Waals surface area (Å²) >= 11 is 0. The zero-order valence-electron chi connectivity index (χ0n) is 9.81. The average molecular weight is 240 g/mol. The van der Waals surface area contributed by atoms with Crippen LogP contribution in [0.2, 0.25) is 0 Å². The number of benzene rings is 1. The fourth-order valence-corrected chi connectivity index (χ4v) is 1.77. The highest BCUT2D eigenvalue weighted by atomic mass is 15.2. The maximum atomic E-state index is 5.85. The molecule has 2 aliphatic rings. The van der Waals surface area contributed by atoms with E-state index in [0.717, 1.165) is 5.69 Å². The molecule has 90 valence electrons. The number of rotatable bonds is 2. The van der Waals surface area contributed by atoms with Crippen molar-refractivity contribution in [3.05, 3.63) is 36.2 Å². The predicted octanol–water partition coefficient (Wildman–Crippen LogP) is 1.94. The first-order valence-corrected chi connectivity index (χ1v) is 5.52. The second-order valence-corrected chi connectivity index (χ2v) is 4.04. The van der Waals surface area contributed by atoms with Crippen LogP contribution >= 0.6 is 0 Å². The Hall–Kier alpha value is -2.63. The second kappa shape index (κ2) is 3.99. The highest BCUT2D eigenvalue weighted by Gasteiger charge is 2.13. The SMILES string of the molecule is Cc1cccc(Nc2nc3ncnc-3c(N)[nH]2)c1.